The van der Waals surface area contributed by atoms with Gasteiger partial charge in [-0.15, -0.1) is 6.58 Å². The maximum atomic E-state index is 3.70. The second-order valence-electron chi connectivity index (χ2n) is 2.68. The van der Waals surface area contributed by atoms with E-state index >= 15 is 0 Å². The quantitative estimate of drug-likeness (QED) is 0.778. The lowest BCUT2D eigenvalue weighted by Gasteiger charge is -2.10. The minimum atomic E-state index is 0.305. The standard InChI is InChI=1S/C10H12BrN/c1-3-8(2)12-10-6-4-5-9(11)7-10/h3-8,12H,1H2,2H3. The number of benzene rings is 1. The van der Waals surface area contributed by atoms with E-state index < -0.39 is 0 Å². The molecule has 12 heavy (non-hydrogen) atoms. The first kappa shape index (κ1) is 9.33. The van der Waals surface area contributed by atoms with Gasteiger partial charge < -0.3 is 5.32 Å². The third-order valence-corrected chi connectivity index (χ3v) is 2.07. The summed E-state index contributed by atoms with van der Waals surface area (Å²) in [5.74, 6) is 0. The summed E-state index contributed by atoms with van der Waals surface area (Å²) in [5.41, 5.74) is 1.11. The van der Waals surface area contributed by atoms with Crippen LogP contribution in [0.4, 0.5) is 5.69 Å². The zero-order chi connectivity index (χ0) is 8.97. The van der Waals surface area contributed by atoms with E-state index in [0.29, 0.717) is 6.04 Å². The van der Waals surface area contributed by atoms with Crippen LogP contribution < -0.4 is 5.32 Å². The summed E-state index contributed by atoms with van der Waals surface area (Å²) in [7, 11) is 0. The zero-order valence-corrected chi connectivity index (χ0v) is 8.64. The highest BCUT2D eigenvalue weighted by atomic mass is 79.9. The van der Waals surface area contributed by atoms with Crippen molar-refractivity contribution < 1.29 is 0 Å². The molecule has 0 saturated carbocycles. The fourth-order valence-electron chi connectivity index (χ4n) is 0.900. The van der Waals surface area contributed by atoms with Gasteiger partial charge in [-0.3, -0.25) is 0 Å². The molecule has 0 bridgehead atoms. The molecule has 2 heteroatoms. The predicted octanol–water partition coefficient (Wildman–Crippen LogP) is 3.44. The number of anilines is 1. The Bertz CT molecular complexity index is 270. The summed E-state index contributed by atoms with van der Waals surface area (Å²) in [6.45, 7) is 5.77. The molecule has 0 radical (unpaired) electrons. The van der Waals surface area contributed by atoms with Gasteiger partial charge in [0.15, 0.2) is 0 Å². The first-order chi connectivity index (χ1) is 5.72. The second kappa shape index (κ2) is 4.31. The van der Waals surface area contributed by atoms with Crippen LogP contribution in [0.2, 0.25) is 0 Å². The molecule has 1 unspecified atom stereocenters. The largest absolute Gasteiger partial charge is 0.379 e. The first-order valence-corrected chi connectivity index (χ1v) is 4.66. The van der Waals surface area contributed by atoms with Gasteiger partial charge >= 0.3 is 0 Å². The lowest BCUT2D eigenvalue weighted by Crippen LogP contribution is -2.10. The molecule has 1 aromatic rings. The number of hydrogen-bond donors (Lipinski definition) is 1. The molecule has 0 spiro atoms. The molecule has 1 atom stereocenters. The maximum absolute atomic E-state index is 3.70. The Balaban J connectivity index is 2.69. The highest BCUT2D eigenvalue weighted by Gasteiger charge is 1.95. The number of hydrogen-bond acceptors (Lipinski definition) is 1. The summed E-state index contributed by atoms with van der Waals surface area (Å²) >= 11 is 3.41. The van der Waals surface area contributed by atoms with Crippen molar-refractivity contribution in [3.63, 3.8) is 0 Å². The number of halogens is 1. The molecule has 0 aliphatic rings. The van der Waals surface area contributed by atoms with Gasteiger partial charge in [-0.1, -0.05) is 28.1 Å². The Labute approximate surface area is 81.6 Å². The van der Waals surface area contributed by atoms with Gasteiger partial charge in [0, 0.05) is 16.2 Å². The molecule has 0 aliphatic carbocycles. The van der Waals surface area contributed by atoms with E-state index in [4.69, 9.17) is 0 Å². The van der Waals surface area contributed by atoms with Gasteiger partial charge in [-0.2, -0.15) is 0 Å². The molecule has 0 amide bonds. The molecule has 0 aromatic heterocycles. The van der Waals surface area contributed by atoms with Crippen LogP contribution in [0.1, 0.15) is 6.92 Å². The summed E-state index contributed by atoms with van der Waals surface area (Å²) in [6.07, 6.45) is 1.88. The molecule has 0 saturated heterocycles. The van der Waals surface area contributed by atoms with Gasteiger partial charge in [0.05, 0.1) is 0 Å². The summed E-state index contributed by atoms with van der Waals surface area (Å²) in [6, 6.07) is 8.39. The molecular formula is C10H12BrN. The molecule has 1 N–H and O–H groups in total. The van der Waals surface area contributed by atoms with Crippen LogP contribution in [0.15, 0.2) is 41.4 Å². The Morgan fingerprint density at radius 2 is 2.33 bits per heavy atom. The van der Waals surface area contributed by atoms with Crippen molar-refractivity contribution in [2.75, 3.05) is 5.32 Å². The monoisotopic (exact) mass is 225 g/mol. The van der Waals surface area contributed by atoms with Crippen LogP contribution in [0.25, 0.3) is 0 Å². The van der Waals surface area contributed by atoms with Crippen LogP contribution in [0.5, 0.6) is 0 Å². The number of nitrogens with one attached hydrogen (secondary N) is 1. The first-order valence-electron chi connectivity index (χ1n) is 3.87. The second-order valence-corrected chi connectivity index (χ2v) is 3.59. The van der Waals surface area contributed by atoms with Crippen molar-refractivity contribution in [3.05, 3.63) is 41.4 Å². The van der Waals surface area contributed by atoms with Crippen LogP contribution >= 0.6 is 15.9 Å². The van der Waals surface area contributed by atoms with Crippen molar-refractivity contribution in [1.29, 1.82) is 0 Å². The number of rotatable bonds is 3. The minimum absolute atomic E-state index is 0.305. The van der Waals surface area contributed by atoms with Gasteiger partial charge in [-0.05, 0) is 25.1 Å². The Kier molecular flexibility index (Phi) is 3.35. The van der Waals surface area contributed by atoms with Gasteiger partial charge in [0.1, 0.15) is 0 Å². The molecule has 0 aliphatic heterocycles. The predicted molar refractivity (Wildman–Crippen MR) is 57.4 cm³/mol. The van der Waals surface area contributed by atoms with E-state index in [-0.39, 0.29) is 0 Å². The highest BCUT2D eigenvalue weighted by Crippen LogP contribution is 2.16. The molecule has 64 valence electrons. The minimum Gasteiger partial charge on any atom is -0.379 e. The normalized spacial score (nSPS) is 12.2. The topological polar surface area (TPSA) is 12.0 Å². The smallest absolute Gasteiger partial charge is 0.0413 e. The van der Waals surface area contributed by atoms with Crippen molar-refractivity contribution in [2.24, 2.45) is 0 Å². The maximum Gasteiger partial charge on any atom is 0.0413 e. The Morgan fingerprint density at radius 3 is 2.92 bits per heavy atom. The van der Waals surface area contributed by atoms with Gasteiger partial charge in [0.2, 0.25) is 0 Å². The Hall–Kier alpha value is -0.760. The van der Waals surface area contributed by atoms with E-state index in [1.807, 2.05) is 30.3 Å². The summed E-state index contributed by atoms with van der Waals surface area (Å²) < 4.78 is 1.09. The fraction of sp³-hybridized carbons (Fsp3) is 0.200. The Morgan fingerprint density at radius 1 is 1.58 bits per heavy atom. The molecule has 1 rings (SSSR count). The van der Waals surface area contributed by atoms with E-state index in [9.17, 15) is 0 Å². The van der Waals surface area contributed by atoms with Crippen molar-refractivity contribution >= 4 is 21.6 Å². The van der Waals surface area contributed by atoms with Crippen molar-refractivity contribution in [1.82, 2.24) is 0 Å². The SMILES string of the molecule is C=CC(C)Nc1cccc(Br)c1. The van der Waals surface area contributed by atoms with Crippen molar-refractivity contribution in [2.45, 2.75) is 13.0 Å². The van der Waals surface area contributed by atoms with E-state index in [2.05, 4.69) is 34.7 Å². The lowest BCUT2D eigenvalue weighted by molar-refractivity contribution is 1.00. The average molecular weight is 226 g/mol. The lowest BCUT2D eigenvalue weighted by atomic mass is 10.2. The highest BCUT2D eigenvalue weighted by molar-refractivity contribution is 9.10. The van der Waals surface area contributed by atoms with Crippen LogP contribution in [0, 0.1) is 0 Å². The summed E-state index contributed by atoms with van der Waals surface area (Å²) in [5, 5.41) is 3.28. The van der Waals surface area contributed by atoms with E-state index in [1.165, 1.54) is 0 Å². The van der Waals surface area contributed by atoms with Crippen molar-refractivity contribution in [3.8, 4) is 0 Å². The van der Waals surface area contributed by atoms with Crippen LogP contribution in [0.3, 0.4) is 0 Å². The van der Waals surface area contributed by atoms with Crippen LogP contribution in [-0.4, -0.2) is 6.04 Å². The van der Waals surface area contributed by atoms with E-state index in [1.54, 1.807) is 0 Å². The molecular weight excluding hydrogens is 214 g/mol. The molecule has 0 fully saturated rings. The molecule has 0 heterocycles. The third kappa shape index (κ3) is 2.70. The molecule has 1 aromatic carbocycles. The zero-order valence-electron chi connectivity index (χ0n) is 7.05. The third-order valence-electron chi connectivity index (χ3n) is 1.57. The van der Waals surface area contributed by atoms with E-state index in [0.717, 1.165) is 10.2 Å². The van der Waals surface area contributed by atoms with Crippen LogP contribution in [-0.2, 0) is 0 Å². The fourth-order valence-corrected chi connectivity index (χ4v) is 1.30. The van der Waals surface area contributed by atoms with Gasteiger partial charge in [-0.25, -0.2) is 0 Å². The summed E-state index contributed by atoms with van der Waals surface area (Å²) in [4.78, 5) is 0. The van der Waals surface area contributed by atoms with Gasteiger partial charge in [0.25, 0.3) is 0 Å². The average Bonchev–Trinajstić information content (AvgIpc) is 2.04. The molecule has 1 nitrogen and oxygen atoms in total.